The van der Waals surface area contributed by atoms with Gasteiger partial charge in [-0.1, -0.05) is 32.4 Å². The zero-order chi connectivity index (χ0) is 55.1. The lowest BCUT2D eigenvalue weighted by atomic mass is 9.45. The van der Waals surface area contributed by atoms with Crippen LogP contribution >= 0.6 is 0 Å². The molecule has 0 aromatic rings. The fraction of sp³-hybridized carbons (Fsp3) is 0.923. The van der Waals surface area contributed by atoms with Crippen LogP contribution in [0.4, 0.5) is 0 Å². The first-order chi connectivity index (χ1) is 36.0. The van der Waals surface area contributed by atoms with Crippen LogP contribution in [0.5, 0.6) is 0 Å². The Hall–Kier alpha value is -1.64. The molecular weight excluding hydrogens is 1010 g/mol. The van der Waals surface area contributed by atoms with Gasteiger partial charge in [-0.15, -0.1) is 0 Å². The maximum Gasteiger partial charge on any atom is 0.187 e. The van der Waals surface area contributed by atoms with Crippen molar-refractivity contribution in [2.24, 2.45) is 34.5 Å². The van der Waals surface area contributed by atoms with Crippen molar-refractivity contribution in [2.75, 3.05) is 33.5 Å². The molecule has 0 aromatic heterocycles. The van der Waals surface area contributed by atoms with E-state index < -0.39 is 166 Å². The summed E-state index contributed by atoms with van der Waals surface area (Å²) in [5.41, 5.74) is 0.229. The monoisotopic (exact) mass is 1090 g/mol. The predicted octanol–water partition coefficient (Wildman–Crippen LogP) is -3.32. The van der Waals surface area contributed by atoms with Crippen LogP contribution in [0.1, 0.15) is 86.0 Å². The molecule has 24 heteroatoms. The highest BCUT2D eigenvalue weighted by Crippen LogP contribution is 2.70. The predicted molar refractivity (Wildman–Crippen MR) is 256 cm³/mol. The SMILES string of the molecule is COC(C[C@@H](C)CO[C@@H]1O[C@H](CO)[C@@H](O)[C@H](O)[C@H]1O)C1=C(C)[C@H]2[C@H](CC3(O)[C@H]4CC=C5C[C@@H](O[C@@H]6O[C@H](CO)[C@@H](O)[C@H](O[C@@H]7O[C@H](CO)[C@@H](O)[C@H](O)[C@H]7O)[C@H]6O[C@@H]6O[C@@H](C)[C@H](O)[C@@H](O)[C@H]6O)CC[C@]5(C)[C@H]4CC[C@]23C)O1. The van der Waals surface area contributed by atoms with E-state index in [-0.39, 0.29) is 41.8 Å². The Kier molecular flexibility index (Phi) is 17.8. The molecular formula is C52H84O24. The number of hydrogen-bond donors (Lipinski definition) is 14. The van der Waals surface area contributed by atoms with E-state index in [0.717, 1.165) is 29.7 Å². The molecule has 3 saturated carbocycles. The lowest BCUT2D eigenvalue weighted by molar-refractivity contribution is -0.394. The molecule has 0 amide bonds. The standard InChI is InChI=1S/C52H84O24/c1-20(19-68-46-40(63)38(61)34(57)29(16-53)72-46)13-27(67-6)43-21(2)32-28(71-43)15-52(66)26-8-7-23-14-24(9-11-50(23,4)25(26)10-12-51(32,52)5)70-49-45(76-47-41(64)37(60)33(56)22(3)69-47)44(36(59)31(18-55)74-49)75-48-42(65)39(62)35(58)30(17-54)73-48/h7,20,22,24-42,44-49,53-66H,8-19H2,1-6H3/t20-,22+,24+,25+,26+,27?,28+,29-,30-,31-,32+,33+,34-,35-,36-,37-,38+,39+,40-,41-,42-,44+,45-,46-,47+,48+,49-,50+,51-,52?/m1/s1. The third-order valence-corrected chi connectivity index (χ3v) is 19.3. The van der Waals surface area contributed by atoms with Crippen molar-refractivity contribution in [3.63, 3.8) is 0 Å². The molecule has 7 fully saturated rings. The van der Waals surface area contributed by atoms with E-state index in [0.29, 0.717) is 38.5 Å². The summed E-state index contributed by atoms with van der Waals surface area (Å²) in [6.07, 6.45) is -25.4. The molecule has 436 valence electrons. The minimum Gasteiger partial charge on any atom is -0.491 e. The Morgan fingerprint density at radius 1 is 0.658 bits per heavy atom. The molecule has 14 N–H and O–H groups in total. The second-order valence-electron chi connectivity index (χ2n) is 23.8. The van der Waals surface area contributed by atoms with Gasteiger partial charge in [-0.2, -0.15) is 0 Å². The van der Waals surface area contributed by atoms with Crippen LogP contribution in [-0.4, -0.2) is 252 Å². The second kappa shape index (κ2) is 23.0. The zero-order valence-corrected chi connectivity index (χ0v) is 44.0. The highest BCUT2D eigenvalue weighted by Gasteiger charge is 2.71. The minimum absolute atomic E-state index is 0.0776. The summed E-state index contributed by atoms with van der Waals surface area (Å²) in [4.78, 5) is 0. The quantitative estimate of drug-likeness (QED) is 0.0673. The molecule has 9 rings (SSSR count). The van der Waals surface area contributed by atoms with Crippen LogP contribution in [0.2, 0.25) is 0 Å². The molecule has 9 aliphatic rings. The van der Waals surface area contributed by atoms with E-state index in [1.54, 1.807) is 7.11 Å². The summed E-state index contributed by atoms with van der Waals surface area (Å²) >= 11 is 0. The van der Waals surface area contributed by atoms with E-state index in [4.69, 9.17) is 47.4 Å². The van der Waals surface area contributed by atoms with Gasteiger partial charge in [0.2, 0.25) is 0 Å². The van der Waals surface area contributed by atoms with Gasteiger partial charge in [0.1, 0.15) is 110 Å². The molecule has 24 nitrogen and oxygen atoms in total. The molecule has 2 unspecified atom stereocenters. The first-order valence-corrected chi connectivity index (χ1v) is 27.1. The molecule has 0 radical (unpaired) electrons. The average Bonchev–Trinajstić information content (AvgIpc) is 3.85. The van der Waals surface area contributed by atoms with Crippen molar-refractivity contribution < 1.29 is 119 Å². The zero-order valence-electron chi connectivity index (χ0n) is 44.0. The van der Waals surface area contributed by atoms with Crippen LogP contribution in [0.25, 0.3) is 0 Å². The van der Waals surface area contributed by atoms with E-state index in [9.17, 15) is 71.5 Å². The molecule has 4 saturated heterocycles. The molecule has 5 aliphatic heterocycles. The molecule has 0 bridgehead atoms. The van der Waals surface area contributed by atoms with Gasteiger partial charge in [0.05, 0.1) is 44.2 Å². The van der Waals surface area contributed by atoms with E-state index >= 15 is 0 Å². The number of fused-ring (bicyclic) bond motifs is 7. The van der Waals surface area contributed by atoms with Crippen molar-refractivity contribution >= 4 is 0 Å². The Bertz CT molecular complexity index is 2050. The van der Waals surface area contributed by atoms with Gasteiger partial charge >= 0.3 is 0 Å². The third-order valence-electron chi connectivity index (χ3n) is 19.3. The lowest BCUT2D eigenvalue weighted by Gasteiger charge is -2.61. The van der Waals surface area contributed by atoms with Crippen LogP contribution in [0.3, 0.4) is 0 Å². The van der Waals surface area contributed by atoms with Crippen molar-refractivity contribution in [3.05, 3.63) is 23.0 Å². The topological polar surface area (TPSA) is 376 Å². The van der Waals surface area contributed by atoms with Crippen LogP contribution in [0.15, 0.2) is 23.0 Å². The van der Waals surface area contributed by atoms with Gasteiger partial charge in [0.15, 0.2) is 25.2 Å². The van der Waals surface area contributed by atoms with E-state index in [2.05, 4.69) is 26.8 Å². The summed E-state index contributed by atoms with van der Waals surface area (Å²) in [6.45, 7) is 7.92. The first kappa shape index (κ1) is 59.0. The number of allylic oxidation sites excluding steroid dienone is 1. The Labute approximate surface area is 441 Å². The fourth-order valence-corrected chi connectivity index (χ4v) is 14.8. The Balaban J connectivity index is 0.897. The van der Waals surface area contributed by atoms with Crippen molar-refractivity contribution in [1.29, 1.82) is 0 Å². The minimum atomic E-state index is -1.90. The molecule has 0 aromatic carbocycles. The van der Waals surface area contributed by atoms with Crippen molar-refractivity contribution in [1.82, 2.24) is 0 Å². The van der Waals surface area contributed by atoms with Crippen LogP contribution < -0.4 is 0 Å². The normalized spacial score (nSPS) is 52.2. The first-order valence-electron chi connectivity index (χ1n) is 27.1. The molecule has 0 spiro atoms. The number of hydrogen-bond acceptors (Lipinski definition) is 24. The summed E-state index contributed by atoms with van der Waals surface area (Å²) in [6, 6.07) is 0. The van der Waals surface area contributed by atoms with Crippen molar-refractivity contribution in [2.45, 2.75) is 233 Å². The second-order valence-corrected chi connectivity index (χ2v) is 23.8. The molecule has 30 atom stereocenters. The third kappa shape index (κ3) is 10.2. The van der Waals surface area contributed by atoms with E-state index in [1.807, 2.05) is 6.92 Å². The van der Waals surface area contributed by atoms with Gasteiger partial charge in [-0.25, -0.2) is 0 Å². The van der Waals surface area contributed by atoms with Crippen LogP contribution in [0, 0.1) is 34.5 Å². The summed E-state index contributed by atoms with van der Waals surface area (Å²) in [7, 11) is 1.61. The number of rotatable bonds is 16. The maximum atomic E-state index is 13.2. The fourth-order valence-electron chi connectivity index (χ4n) is 14.8. The maximum absolute atomic E-state index is 13.2. The summed E-state index contributed by atoms with van der Waals surface area (Å²) in [5, 5.41) is 150. The number of aliphatic hydroxyl groups excluding tert-OH is 13. The number of ether oxygens (including phenoxy) is 10. The average molecular weight is 1090 g/mol. The van der Waals surface area contributed by atoms with Gasteiger partial charge in [0, 0.05) is 24.9 Å². The Morgan fingerprint density at radius 2 is 1.22 bits per heavy atom. The highest BCUT2D eigenvalue weighted by molar-refractivity contribution is 5.34. The summed E-state index contributed by atoms with van der Waals surface area (Å²) in [5.74, 6) is 0.525. The number of aliphatic hydroxyl groups is 14. The Morgan fingerprint density at radius 3 is 1.86 bits per heavy atom. The molecule has 4 aliphatic carbocycles. The lowest BCUT2D eigenvalue weighted by Crippen LogP contribution is -2.67. The van der Waals surface area contributed by atoms with Gasteiger partial charge in [-0.05, 0) is 87.5 Å². The van der Waals surface area contributed by atoms with Gasteiger partial charge in [0.25, 0.3) is 0 Å². The van der Waals surface area contributed by atoms with Gasteiger partial charge < -0.3 is 119 Å². The summed E-state index contributed by atoms with van der Waals surface area (Å²) < 4.78 is 60.9. The van der Waals surface area contributed by atoms with E-state index in [1.165, 1.54) is 6.92 Å². The van der Waals surface area contributed by atoms with Crippen molar-refractivity contribution in [3.8, 4) is 0 Å². The van der Waals surface area contributed by atoms with Gasteiger partial charge in [-0.3, -0.25) is 0 Å². The highest BCUT2D eigenvalue weighted by atomic mass is 16.8. The largest absolute Gasteiger partial charge is 0.491 e. The molecule has 76 heavy (non-hydrogen) atoms. The van der Waals surface area contributed by atoms with Crippen LogP contribution in [-0.2, 0) is 47.4 Å². The molecule has 5 heterocycles. The number of methoxy groups -OCH3 is 1. The smallest absolute Gasteiger partial charge is 0.187 e.